The minimum absolute atomic E-state index is 0.0853. The number of hydrogen-bond donors (Lipinski definition) is 0. The third-order valence-electron chi connectivity index (χ3n) is 3.43. The van der Waals surface area contributed by atoms with E-state index in [9.17, 15) is 9.59 Å². The number of rotatable bonds is 1. The second kappa shape index (κ2) is 4.20. The predicted molar refractivity (Wildman–Crippen MR) is 62.5 cm³/mol. The molecule has 16 heavy (non-hydrogen) atoms. The number of Topliss-reactive ketones (excluding diaryl/α,β-unsaturated/α-hetero) is 2. The zero-order valence-corrected chi connectivity index (χ0v) is 9.75. The van der Waals surface area contributed by atoms with Crippen LogP contribution in [0.25, 0.3) is 0 Å². The van der Waals surface area contributed by atoms with E-state index >= 15 is 0 Å². The van der Waals surface area contributed by atoms with Gasteiger partial charge in [0.25, 0.3) is 0 Å². The van der Waals surface area contributed by atoms with Crippen molar-refractivity contribution < 1.29 is 9.59 Å². The van der Waals surface area contributed by atoms with Crippen LogP contribution in [0.5, 0.6) is 0 Å². The Bertz CT molecular complexity index is 430. The molecular weight excluding hydrogens is 200 g/mol. The highest BCUT2D eigenvalue weighted by molar-refractivity contribution is 6.02. The lowest BCUT2D eigenvalue weighted by Gasteiger charge is -2.22. The van der Waals surface area contributed by atoms with Gasteiger partial charge in [0.2, 0.25) is 0 Å². The molecule has 1 saturated carbocycles. The highest BCUT2D eigenvalue weighted by Crippen LogP contribution is 2.32. The summed E-state index contributed by atoms with van der Waals surface area (Å²) in [5.41, 5.74) is 3.61. The van der Waals surface area contributed by atoms with Crippen LogP contribution < -0.4 is 0 Å². The largest absolute Gasteiger partial charge is 0.299 e. The van der Waals surface area contributed by atoms with Crippen molar-refractivity contribution in [2.75, 3.05) is 0 Å². The second-order valence-corrected chi connectivity index (χ2v) is 4.65. The van der Waals surface area contributed by atoms with E-state index in [1.807, 2.05) is 12.1 Å². The maximum absolute atomic E-state index is 11.4. The maximum atomic E-state index is 11.4. The summed E-state index contributed by atoms with van der Waals surface area (Å²) >= 11 is 0. The number of carbonyl (C=O) groups is 2. The standard InChI is InChI=1S/C14H16O2/c1-9-4-3-5-14(10(9)2)11-6-12(15)8-13(16)7-11/h3-5,11H,6-8H2,1-2H3. The molecule has 0 saturated heterocycles. The Labute approximate surface area is 95.7 Å². The normalized spacial score (nSPS) is 17.9. The van der Waals surface area contributed by atoms with E-state index in [-0.39, 0.29) is 23.9 Å². The zero-order chi connectivity index (χ0) is 11.7. The van der Waals surface area contributed by atoms with Crippen LogP contribution in [0.2, 0.25) is 0 Å². The molecule has 84 valence electrons. The van der Waals surface area contributed by atoms with Gasteiger partial charge in [-0.2, -0.15) is 0 Å². The molecule has 0 aromatic heterocycles. The Morgan fingerprint density at radius 3 is 2.31 bits per heavy atom. The third-order valence-corrected chi connectivity index (χ3v) is 3.43. The van der Waals surface area contributed by atoms with Gasteiger partial charge in [0.05, 0.1) is 6.42 Å². The first-order valence-corrected chi connectivity index (χ1v) is 5.67. The van der Waals surface area contributed by atoms with Crippen LogP contribution in [0, 0.1) is 13.8 Å². The maximum Gasteiger partial charge on any atom is 0.140 e. The molecule has 0 aliphatic heterocycles. The molecule has 1 aliphatic rings. The summed E-state index contributed by atoms with van der Waals surface area (Å²) in [7, 11) is 0. The van der Waals surface area contributed by atoms with Gasteiger partial charge in [-0.05, 0) is 36.5 Å². The van der Waals surface area contributed by atoms with Crippen molar-refractivity contribution in [3.63, 3.8) is 0 Å². The molecule has 0 bridgehead atoms. The third kappa shape index (κ3) is 2.06. The monoisotopic (exact) mass is 216 g/mol. The first kappa shape index (κ1) is 11.1. The highest BCUT2D eigenvalue weighted by atomic mass is 16.1. The lowest BCUT2D eigenvalue weighted by atomic mass is 9.80. The lowest BCUT2D eigenvalue weighted by Crippen LogP contribution is -2.21. The van der Waals surface area contributed by atoms with E-state index in [1.54, 1.807) is 0 Å². The van der Waals surface area contributed by atoms with Crippen molar-refractivity contribution in [3.8, 4) is 0 Å². The molecule has 1 aromatic carbocycles. The van der Waals surface area contributed by atoms with Crippen LogP contribution in [0.1, 0.15) is 41.9 Å². The van der Waals surface area contributed by atoms with Gasteiger partial charge in [-0.25, -0.2) is 0 Å². The smallest absolute Gasteiger partial charge is 0.140 e. The molecular formula is C14H16O2. The van der Waals surface area contributed by atoms with Crippen LogP contribution in [-0.2, 0) is 9.59 Å². The van der Waals surface area contributed by atoms with Gasteiger partial charge in [-0.1, -0.05) is 18.2 Å². The summed E-state index contributed by atoms with van der Waals surface area (Å²) < 4.78 is 0. The first-order chi connectivity index (χ1) is 7.58. The average Bonchev–Trinajstić information content (AvgIpc) is 2.20. The summed E-state index contributed by atoms with van der Waals surface area (Å²) in [5.74, 6) is 0.276. The van der Waals surface area contributed by atoms with Gasteiger partial charge < -0.3 is 0 Å². The highest BCUT2D eigenvalue weighted by Gasteiger charge is 2.27. The first-order valence-electron chi connectivity index (χ1n) is 5.67. The number of hydrogen-bond acceptors (Lipinski definition) is 2. The van der Waals surface area contributed by atoms with E-state index in [2.05, 4.69) is 19.9 Å². The van der Waals surface area contributed by atoms with Crippen molar-refractivity contribution in [1.29, 1.82) is 0 Å². The Hall–Kier alpha value is -1.44. The van der Waals surface area contributed by atoms with Crippen LogP contribution in [0.15, 0.2) is 18.2 Å². The molecule has 1 fully saturated rings. The molecule has 0 N–H and O–H groups in total. The molecule has 2 nitrogen and oxygen atoms in total. The molecule has 0 amide bonds. The summed E-state index contributed by atoms with van der Waals surface area (Å²) in [6.45, 7) is 4.12. The van der Waals surface area contributed by atoms with Crippen LogP contribution in [0.4, 0.5) is 0 Å². The van der Waals surface area contributed by atoms with E-state index in [0.29, 0.717) is 12.8 Å². The predicted octanol–water partition coefficient (Wildman–Crippen LogP) is 2.71. The van der Waals surface area contributed by atoms with E-state index in [0.717, 1.165) is 0 Å². The minimum Gasteiger partial charge on any atom is -0.299 e. The van der Waals surface area contributed by atoms with Crippen molar-refractivity contribution in [2.45, 2.75) is 39.0 Å². The number of carbonyl (C=O) groups excluding carboxylic acids is 2. The fraction of sp³-hybridized carbons (Fsp3) is 0.429. The van der Waals surface area contributed by atoms with Gasteiger partial charge in [-0.15, -0.1) is 0 Å². The molecule has 2 rings (SSSR count). The average molecular weight is 216 g/mol. The zero-order valence-electron chi connectivity index (χ0n) is 9.75. The molecule has 0 atom stereocenters. The number of ketones is 2. The Morgan fingerprint density at radius 1 is 1.06 bits per heavy atom. The fourth-order valence-corrected chi connectivity index (χ4v) is 2.42. The molecule has 0 heterocycles. The van der Waals surface area contributed by atoms with Gasteiger partial charge >= 0.3 is 0 Å². The Morgan fingerprint density at radius 2 is 1.69 bits per heavy atom. The van der Waals surface area contributed by atoms with Crippen LogP contribution in [0.3, 0.4) is 0 Å². The minimum atomic E-state index is 0.0853. The van der Waals surface area contributed by atoms with Gasteiger partial charge in [0.15, 0.2) is 0 Å². The van der Waals surface area contributed by atoms with Crippen LogP contribution in [-0.4, -0.2) is 11.6 Å². The van der Waals surface area contributed by atoms with E-state index < -0.39 is 0 Å². The molecule has 0 unspecified atom stereocenters. The van der Waals surface area contributed by atoms with Crippen molar-refractivity contribution in [3.05, 3.63) is 34.9 Å². The quantitative estimate of drug-likeness (QED) is 0.676. The number of benzene rings is 1. The molecule has 2 heteroatoms. The van der Waals surface area contributed by atoms with Gasteiger partial charge in [-0.3, -0.25) is 9.59 Å². The van der Waals surface area contributed by atoms with E-state index in [1.165, 1.54) is 16.7 Å². The molecule has 1 aromatic rings. The van der Waals surface area contributed by atoms with Gasteiger partial charge in [0.1, 0.15) is 11.6 Å². The fourth-order valence-electron chi connectivity index (χ4n) is 2.42. The summed E-state index contributed by atoms with van der Waals surface area (Å²) in [4.78, 5) is 22.9. The second-order valence-electron chi connectivity index (χ2n) is 4.65. The molecule has 0 spiro atoms. The lowest BCUT2D eigenvalue weighted by molar-refractivity contribution is -0.130. The summed E-state index contributed by atoms with van der Waals surface area (Å²) in [6.07, 6.45) is 1.19. The number of aryl methyl sites for hydroxylation is 1. The summed E-state index contributed by atoms with van der Waals surface area (Å²) in [6, 6.07) is 6.10. The van der Waals surface area contributed by atoms with Gasteiger partial charge in [0, 0.05) is 12.8 Å². The van der Waals surface area contributed by atoms with Crippen molar-refractivity contribution in [2.24, 2.45) is 0 Å². The molecule has 0 radical (unpaired) electrons. The van der Waals surface area contributed by atoms with Crippen molar-refractivity contribution in [1.82, 2.24) is 0 Å². The van der Waals surface area contributed by atoms with E-state index in [4.69, 9.17) is 0 Å². The van der Waals surface area contributed by atoms with Crippen molar-refractivity contribution >= 4 is 11.6 Å². The van der Waals surface area contributed by atoms with Crippen LogP contribution >= 0.6 is 0 Å². The SMILES string of the molecule is Cc1cccc(C2CC(=O)CC(=O)C2)c1C. The topological polar surface area (TPSA) is 34.1 Å². The molecule has 1 aliphatic carbocycles. The Kier molecular flexibility index (Phi) is 2.90. The summed E-state index contributed by atoms with van der Waals surface area (Å²) in [5, 5.41) is 0. The Balaban J connectivity index is 2.33.